The van der Waals surface area contributed by atoms with Gasteiger partial charge in [-0.1, -0.05) is 24.3 Å². The van der Waals surface area contributed by atoms with Gasteiger partial charge in [-0.15, -0.1) is 0 Å². The Kier molecular flexibility index (Phi) is 6.73. The molecule has 3 aromatic carbocycles. The molecule has 5 heterocycles. The molecule has 44 heavy (non-hydrogen) atoms. The maximum atomic E-state index is 15.9. The van der Waals surface area contributed by atoms with Crippen molar-refractivity contribution in [2.75, 3.05) is 71.0 Å². The number of nitrogens with zero attached hydrogens (tertiary/aromatic N) is 3. The number of fused-ring (bicyclic) bond motifs is 5. The number of anilines is 1. The van der Waals surface area contributed by atoms with E-state index in [-0.39, 0.29) is 22.4 Å². The predicted molar refractivity (Wildman–Crippen MR) is 162 cm³/mol. The van der Waals surface area contributed by atoms with E-state index >= 15 is 4.39 Å². The first-order valence-electron chi connectivity index (χ1n) is 15.0. The average molecular weight is 599 g/mol. The van der Waals surface area contributed by atoms with E-state index in [4.69, 9.17) is 18.9 Å². The summed E-state index contributed by atoms with van der Waals surface area (Å²) in [4.78, 5) is 31.4. The van der Waals surface area contributed by atoms with Crippen molar-refractivity contribution in [3.05, 3.63) is 75.8 Å². The van der Waals surface area contributed by atoms with Gasteiger partial charge in [-0.2, -0.15) is 0 Å². The summed E-state index contributed by atoms with van der Waals surface area (Å²) in [6, 6.07) is 13.0. The second-order valence-electron chi connectivity index (χ2n) is 11.3. The summed E-state index contributed by atoms with van der Waals surface area (Å²) in [7, 11) is 0. The van der Waals surface area contributed by atoms with Gasteiger partial charge in [-0.3, -0.25) is 14.5 Å². The number of pyridine rings is 1. The Labute approximate surface area is 252 Å². The molecule has 0 saturated carbocycles. The first-order chi connectivity index (χ1) is 21.6. The molecule has 2 saturated heterocycles. The maximum Gasteiger partial charge on any atom is 0.259 e. The quantitative estimate of drug-likeness (QED) is 0.325. The molecule has 0 aliphatic carbocycles. The summed E-state index contributed by atoms with van der Waals surface area (Å²) >= 11 is 0. The van der Waals surface area contributed by atoms with Gasteiger partial charge in [0.25, 0.3) is 5.91 Å². The zero-order valence-electron chi connectivity index (χ0n) is 24.1. The predicted octanol–water partition coefficient (Wildman–Crippen LogP) is 4.01. The van der Waals surface area contributed by atoms with Crippen LogP contribution in [0.3, 0.4) is 0 Å². The molecule has 0 atom stereocenters. The Balaban J connectivity index is 1.29. The number of morpholine rings is 2. The van der Waals surface area contributed by atoms with Crippen LogP contribution in [0.5, 0.6) is 17.2 Å². The van der Waals surface area contributed by atoms with Crippen LogP contribution in [0.1, 0.15) is 15.9 Å². The molecule has 1 aromatic heterocycles. The van der Waals surface area contributed by atoms with Crippen molar-refractivity contribution in [3.8, 4) is 34.1 Å². The minimum atomic E-state index is -0.624. The summed E-state index contributed by atoms with van der Waals surface area (Å²) in [5, 5.41) is 3.31. The van der Waals surface area contributed by atoms with Crippen molar-refractivity contribution in [2.45, 2.75) is 6.61 Å². The zero-order valence-corrected chi connectivity index (χ0v) is 24.1. The number of benzene rings is 3. The number of hydrogen-bond donors (Lipinski definition) is 1. The second kappa shape index (κ2) is 10.9. The molecule has 4 aliphatic rings. The third-order valence-electron chi connectivity index (χ3n) is 8.78. The van der Waals surface area contributed by atoms with E-state index < -0.39 is 17.2 Å². The third-order valence-corrected chi connectivity index (χ3v) is 8.78. The van der Waals surface area contributed by atoms with E-state index in [1.807, 2.05) is 30.3 Å². The summed E-state index contributed by atoms with van der Waals surface area (Å²) in [6.07, 6.45) is 1.57. The van der Waals surface area contributed by atoms with Crippen LogP contribution in [0.4, 0.5) is 10.1 Å². The van der Waals surface area contributed by atoms with Gasteiger partial charge in [0, 0.05) is 57.1 Å². The molecule has 10 nitrogen and oxygen atoms in total. The molecule has 1 N–H and O–H groups in total. The van der Waals surface area contributed by atoms with Crippen molar-refractivity contribution in [3.63, 3.8) is 0 Å². The monoisotopic (exact) mass is 598 g/mol. The molecule has 2 fully saturated rings. The fourth-order valence-electron chi connectivity index (χ4n) is 6.46. The topological polar surface area (TPSA) is 94.5 Å². The smallest absolute Gasteiger partial charge is 0.259 e. The molecule has 0 unspecified atom stereocenters. The highest BCUT2D eigenvalue weighted by Gasteiger charge is 2.32. The van der Waals surface area contributed by atoms with E-state index in [1.54, 1.807) is 21.7 Å². The van der Waals surface area contributed by atoms with Crippen LogP contribution >= 0.6 is 0 Å². The number of amides is 1. The van der Waals surface area contributed by atoms with Crippen molar-refractivity contribution in [1.29, 1.82) is 0 Å². The van der Waals surface area contributed by atoms with E-state index in [2.05, 4.69) is 10.2 Å². The van der Waals surface area contributed by atoms with Crippen LogP contribution in [-0.4, -0.2) is 86.0 Å². The molecule has 0 radical (unpaired) electrons. The highest BCUT2D eigenvalue weighted by atomic mass is 19.1. The Morgan fingerprint density at radius 1 is 0.932 bits per heavy atom. The standard InChI is InChI=1S/C33H31FN4O6/c34-25-15-23-30-32(29(25)35-5-6-36-7-11-41-12-8-36)44-28-17-27-22(21-4-2-1-3-20(21)19-43-27)16-26(28)38(30)18-24(31(23)39)33(40)37-9-13-42-14-10-37/h1-4,15-18,35H,5-14,19H2. The molecular formula is C33H31FN4O6. The number of halogens is 1. The number of carbonyl (C=O) groups is 1. The van der Waals surface area contributed by atoms with E-state index in [1.165, 1.54) is 6.07 Å². The Morgan fingerprint density at radius 2 is 1.70 bits per heavy atom. The first kappa shape index (κ1) is 27.1. The summed E-state index contributed by atoms with van der Waals surface area (Å²) in [5.41, 5.74) is 3.60. The van der Waals surface area contributed by atoms with Gasteiger partial charge in [0.1, 0.15) is 29.1 Å². The lowest BCUT2D eigenvalue weighted by molar-refractivity contribution is 0.0301. The number of hydrogen-bond acceptors (Lipinski definition) is 8. The second-order valence-corrected chi connectivity index (χ2v) is 11.3. The van der Waals surface area contributed by atoms with Crippen LogP contribution < -0.4 is 20.2 Å². The zero-order chi connectivity index (χ0) is 29.8. The lowest BCUT2D eigenvalue weighted by Crippen LogP contribution is -2.42. The van der Waals surface area contributed by atoms with E-state index in [0.29, 0.717) is 81.9 Å². The number of aromatic nitrogens is 1. The molecule has 0 spiro atoms. The van der Waals surface area contributed by atoms with Crippen molar-refractivity contribution in [1.82, 2.24) is 14.4 Å². The molecule has 226 valence electrons. The largest absolute Gasteiger partial charge is 0.488 e. The fraction of sp³-hybridized carbons (Fsp3) is 0.333. The lowest BCUT2D eigenvalue weighted by Gasteiger charge is -2.30. The fourth-order valence-corrected chi connectivity index (χ4v) is 6.46. The Morgan fingerprint density at radius 3 is 2.52 bits per heavy atom. The van der Waals surface area contributed by atoms with Crippen LogP contribution in [-0.2, 0) is 16.1 Å². The van der Waals surface area contributed by atoms with Crippen LogP contribution in [0.15, 0.2) is 53.5 Å². The number of carbonyl (C=O) groups excluding carboxylic acids is 1. The normalized spacial score (nSPS) is 17.2. The van der Waals surface area contributed by atoms with Gasteiger partial charge in [-0.05, 0) is 23.3 Å². The Hall–Kier alpha value is -4.45. The molecule has 11 heteroatoms. The van der Waals surface area contributed by atoms with Gasteiger partial charge in [0.2, 0.25) is 5.43 Å². The SMILES string of the molecule is O=C(c1cn2c3c(c(NCCN4CCOCC4)c(F)cc3c1=O)Oc1cc3c(cc1-2)-c1ccccc1CO3)N1CCOCC1. The minimum absolute atomic E-state index is 0.0278. The highest BCUT2D eigenvalue weighted by molar-refractivity contribution is 6.01. The number of rotatable bonds is 5. The number of nitrogens with one attached hydrogen (secondary N) is 1. The van der Waals surface area contributed by atoms with Crippen LogP contribution in [0.25, 0.3) is 27.7 Å². The lowest BCUT2D eigenvalue weighted by atomic mass is 9.95. The summed E-state index contributed by atoms with van der Waals surface area (Å²) in [5.74, 6) is 0.255. The van der Waals surface area contributed by atoms with Gasteiger partial charge < -0.3 is 33.7 Å². The Bertz CT molecular complexity index is 1860. The van der Waals surface area contributed by atoms with E-state index in [9.17, 15) is 9.59 Å². The van der Waals surface area contributed by atoms with Crippen LogP contribution in [0, 0.1) is 5.82 Å². The number of ether oxygens (including phenoxy) is 4. The molecule has 4 aliphatic heterocycles. The highest BCUT2D eigenvalue weighted by Crippen LogP contribution is 2.49. The molecule has 1 amide bonds. The first-order valence-corrected chi connectivity index (χ1v) is 15.0. The van der Waals surface area contributed by atoms with Crippen molar-refractivity contribution in [2.24, 2.45) is 0 Å². The average Bonchev–Trinajstić information content (AvgIpc) is 3.06. The van der Waals surface area contributed by atoms with Crippen molar-refractivity contribution < 1.29 is 28.1 Å². The van der Waals surface area contributed by atoms with Gasteiger partial charge in [0.05, 0.1) is 37.5 Å². The van der Waals surface area contributed by atoms with Gasteiger partial charge in [-0.25, -0.2) is 4.39 Å². The van der Waals surface area contributed by atoms with E-state index in [0.717, 1.165) is 29.8 Å². The molecule has 0 bridgehead atoms. The van der Waals surface area contributed by atoms with Gasteiger partial charge in [0.15, 0.2) is 17.3 Å². The molecule has 8 rings (SSSR count). The van der Waals surface area contributed by atoms with Gasteiger partial charge >= 0.3 is 0 Å². The third kappa shape index (κ3) is 4.50. The molecule has 4 aromatic rings. The van der Waals surface area contributed by atoms with Crippen molar-refractivity contribution >= 4 is 22.5 Å². The summed E-state index contributed by atoms with van der Waals surface area (Å²) in [6.45, 7) is 6.09. The maximum absolute atomic E-state index is 15.9. The summed E-state index contributed by atoms with van der Waals surface area (Å²) < 4.78 is 41.1. The minimum Gasteiger partial charge on any atom is -0.488 e. The van der Waals surface area contributed by atoms with Crippen LogP contribution in [0.2, 0.25) is 0 Å². The molecular weight excluding hydrogens is 567 g/mol.